The zero-order valence-corrected chi connectivity index (χ0v) is 11.6. The van der Waals surface area contributed by atoms with Gasteiger partial charge in [-0.15, -0.1) is 0 Å². The number of nitrogens with two attached hydrogens (primary N) is 1. The maximum Gasteiger partial charge on any atom is 0.312 e. The Hall–Kier alpha value is -2.74. The fourth-order valence-corrected chi connectivity index (χ4v) is 2.29. The molecule has 1 heterocycles. The van der Waals surface area contributed by atoms with Gasteiger partial charge < -0.3 is 0 Å². The van der Waals surface area contributed by atoms with Gasteiger partial charge in [0.2, 0.25) is 0 Å². The van der Waals surface area contributed by atoms with Gasteiger partial charge in [0.1, 0.15) is 11.4 Å². The van der Waals surface area contributed by atoms with Crippen molar-refractivity contribution in [2.75, 3.05) is 0 Å². The van der Waals surface area contributed by atoms with E-state index in [1.807, 2.05) is 6.07 Å². The van der Waals surface area contributed by atoms with Crippen molar-refractivity contribution in [3.05, 3.63) is 57.4 Å². The summed E-state index contributed by atoms with van der Waals surface area (Å²) in [5.74, 6) is 4.73. The van der Waals surface area contributed by atoms with Crippen LogP contribution in [0.2, 0.25) is 0 Å². The number of hydrazine groups is 1. The number of rotatable bonds is 4. The van der Waals surface area contributed by atoms with Crippen molar-refractivity contribution < 1.29 is 9.72 Å². The van der Waals surface area contributed by atoms with Crippen molar-refractivity contribution in [3.8, 4) is 0 Å². The summed E-state index contributed by atoms with van der Waals surface area (Å²) in [6.07, 6.45) is 0. The van der Waals surface area contributed by atoms with Crippen LogP contribution in [0.25, 0.3) is 0 Å². The minimum atomic E-state index is -0.858. The molecule has 8 heteroatoms. The SMILES string of the molecule is Cc1nn(C(C(=O)NN)c2ccccc2)c(C)c1[N+](=O)[O-]. The highest BCUT2D eigenvalue weighted by molar-refractivity contribution is 5.83. The molecule has 3 N–H and O–H groups in total. The van der Waals surface area contributed by atoms with Crippen LogP contribution in [0.5, 0.6) is 0 Å². The second-order valence-electron chi connectivity index (χ2n) is 4.54. The Bertz CT molecular complexity index is 681. The average Bonchev–Trinajstić information content (AvgIpc) is 2.75. The molecule has 0 radical (unpaired) electrons. The third-order valence-electron chi connectivity index (χ3n) is 3.22. The van der Waals surface area contributed by atoms with E-state index in [1.54, 1.807) is 31.2 Å². The van der Waals surface area contributed by atoms with Crippen LogP contribution in [-0.2, 0) is 4.79 Å². The lowest BCUT2D eigenvalue weighted by atomic mass is 10.1. The summed E-state index contributed by atoms with van der Waals surface area (Å²) in [5.41, 5.74) is 3.17. The third-order valence-corrected chi connectivity index (χ3v) is 3.22. The lowest BCUT2D eigenvalue weighted by molar-refractivity contribution is -0.386. The predicted octanol–water partition coefficient (Wildman–Crippen LogP) is 0.987. The van der Waals surface area contributed by atoms with Crippen molar-refractivity contribution in [2.45, 2.75) is 19.9 Å². The number of hydrogen-bond donors (Lipinski definition) is 2. The summed E-state index contributed by atoms with van der Waals surface area (Å²) in [5, 5.41) is 15.2. The smallest absolute Gasteiger partial charge is 0.292 e. The van der Waals surface area contributed by atoms with Gasteiger partial charge in [0, 0.05) is 0 Å². The topological polar surface area (TPSA) is 116 Å². The molecule has 1 amide bonds. The Morgan fingerprint density at radius 3 is 2.48 bits per heavy atom. The molecule has 8 nitrogen and oxygen atoms in total. The Balaban J connectivity index is 2.61. The summed E-state index contributed by atoms with van der Waals surface area (Å²) in [6.45, 7) is 3.09. The van der Waals surface area contributed by atoms with E-state index in [0.29, 0.717) is 11.3 Å². The van der Waals surface area contributed by atoms with Gasteiger partial charge in [0.05, 0.1) is 4.92 Å². The fraction of sp³-hybridized carbons (Fsp3) is 0.231. The van der Waals surface area contributed by atoms with E-state index in [-0.39, 0.29) is 11.4 Å². The molecule has 1 aromatic heterocycles. The number of aryl methyl sites for hydroxylation is 1. The molecule has 2 rings (SSSR count). The predicted molar refractivity (Wildman–Crippen MR) is 75.3 cm³/mol. The number of carbonyl (C=O) groups is 1. The van der Waals surface area contributed by atoms with Gasteiger partial charge in [0.15, 0.2) is 6.04 Å². The van der Waals surface area contributed by atoms with Crippen LogP contribution in [0.1, 0.15) is 23.0 Å². The minimum absolute atomic E-state index is 0.0965. The maximum absolute atomic E-state index is 12.1. The van der Waals surface area contributed by atoms with Gasteiger partial charge in [-0.1, -0.05) is 30.3 Å². The standard InChI is InChI=1S/C13H15N5O3/c1-8-11(18(20)21)9(2)17(16-8)12(13(19)15-14)10-6-4-3-5-7-10/h3-7,12H,14H2,1-2H3,(H,15,19). The van der Waals surface area contributed by atoms with Crippen LogP contribution in [0.3, 0.4) is 0 Å². The van der Waals surface area contributed by atoms with Gasteiger partial charge in [-0.05, 0) is 19.4 Å². The highest BCUT2D eigenvalue weighted by atomic mass is 16.6. The molecule has 0 aliphatic heterocycles. The highest BCUT2D eigenvalue weighted by Gasteiger charge is 2.30. The zero-order valence-electron chi connectivity index (χ0n) is 11.6. The summed E-state index contributed by atoms with van der Waals surface area (Å²) < 4.78 is 1.32. The van der Waals surface area contributed by atoms with E-state index in [1.165, 1.54) is 11.6 Å². The van der Waals surface area contributed by atoms with Crippen LogP contribution in [0.15, 0.2) is 30.3 Å². The van der Waals surface area contributed by atoms with Crippen molar-refractivity contribution in [1.82, 2.24) is 15.2 Å². The third kappa shape index (κ3) is 2.61. The molecule has 2 aromatic rings. The average molecular weight is 289 g/mol. The molecule has 21 heavy (non-hydrogen) atoms. The second-order valence-corrected chi connectivity index (χ2v) is 4.54. The first-order chi connectivity index (χ1) is 9.97. The first-order valence-electron chi connectivity index (χ1n) is 6.23. The number of amides is 1. The van der Waals surface area contributed by atoms with Crippen molar-refractivity contribution in [1.29, 1.82) is 0 Å². The largest absolute Gasteiger partial charge is 0.312 e. The van der Waals surface area contributed by atoms with E-state index in [0.717, 1.165) is 0 Å². The molecule has 0 saturated heterocycles. The Labute approximate surface area is 120 Å². The lowest BCUT2D eigenvalue weighted by Gasteiger charge is -2.17. The van der Waals surface area contributed by atoms with Crippen molar-refractivity contribution >= 4 is 11.6 Å². The van der Waals surface area contributed by atoms with Crippen LogP contribution in [-0.4, -0.2) is 20.6 Å². The number of aromatic nitrogens is 2. The van der Waals surface area contributed by atoms with Crippen LogP contribution >= 0.6 is 0 Å². The molecule has 0 aliphatic carbocycles. The minimum Gasteiger partial charge on any atom is -0.292 e. The quantitative estimate of drug-likeness (QED) is 0.377. The van der Waals surface area contributed by atoms with Gasteiger partial charge in [0.25, 0.3) is 5.91 Å². The molecule has 0 bridgehead atoms. The number of nitrogens with zero attached hydrogens (tertiary/aromatic N) is 3. The summed E-state index contributed by atoms with van der Waals surface area (Å²) in [7, 11) is 0. The first-order valence-corrected chi connectivity index (χ1v) is 6.23. The van der Waals surface area contributed by atoms with Crippen LogP contribution in [0.4, 0.5) is 5.69 Å². The fourth-order valence-electron chi connectivity index (χ4n) is 2.29. The Kier molecular flexibility index (Phi) is 3.99. The molecule has 0 spiro atoms. The van der Waals surface area contributed by atoms with E-state index < -0.39 is 16.9 Å². The van der Waals surface area contributed by atoms with E-state index >= 15 is 0 Å². The lowest BCUT2D eigenvalue weighted by Crippen LogP contribution is -2.38. The van der Waals surface area contributed by atoms with E-state index in [9.17, 15) is 14.9 Å². The summed E-state index contributed by atoms with van der Waals surface area (Å²) in [4.78, 5) is 22.7. The van der Waals surface area contributed by atoms with Gasteiger partial charge in [-0.25, -0.2) is 10.5 Å². The molecule has 1 atom stereocenters. The molecular formula is C13H15N5O3. The van der Waals surface area contributed by atoms with E-state index in [2.05, 4.69) is 10.5 Å². The Morgan fingerprint density at radius 2 is 2.00 bits per heavy atom. The molecule has 1 unspecified atom stereocenters. The highest BCUT2D eigenvalue weighted by Crippen LogP contribution is 2.27. The molecule has 1 aromatic carbocycles. The summed E-state index contributed by atoms with van der Waals surface area (Å²) >= 11 is 0. The van der Waals surface area contributed by atoms with Crippen LogP contribution in [0, 0.1) is 24.0 Å². The number of hydrogen-bond acceptors (Lipinski definition) is 5. The van der Waals surface area contributed by atoms with Gasteiger partial charge in [-0.3, -0.25) is 20.3 Å². The number of carbonyl (C=O) groups excluding carboxylic acids is 1. The Morgan fingerprint density at radius 1 is 1.38 bits per heavy atom. The zero-order chi connectivity index (χ0) is 15.6. The normalized spacial score (nSPS) is 12.0. The van der Waals surface area contributed by atoms with Gasteiger partial charge >= 0.3 is 5.69 Å². The molecule has 110 valence electrons. The number of nitro groups is 1. The number of benzene rings is 1. The van der Waals surface area contributed by atoms with Crippen LogP contribution < -0.4 is 11.3 Å². The van der Waals surface area contributed by atoms with E-state index in [4.69, 9.17) is 5.84 Å². The number of nitrogens with one attached hydrogen (secondary N) is 1. The second kappa shape index (κ2) is 5.71. The molecule has 0 aliphatic rings. The van der Waals surface area contributed by atoms with Crippen molar-refractivity contribution in [2.24, 2.45) is 5.84 Å². The maximum atomic E-state index is 12.1. The summed E-state index contributed by atoms with van der Waals surface area (Å²) in [6, 6.07) is 7.97. The van der Waals surface area contributed by atoms with Crippen molar-refractivity contribution in [3.63, 3.8) is 0 Å². The molecule has 0 fully saturated rings. The molecular weight excluding hydrogens is 274 g/mol. The first kappa shape index (κ1) is 14.7. The molecule has 0 saturated carbocycles. The van der Waals surface area contributed by atoms with Gasteiger partial charge in [-0.2, -0.15) is 5.10 Å². The monoisotopic (exact) mass is 289 g/mol.